The van der Waals surface area contributed by atoms with E-state index in [4.69, 9.17) is 11.6 Å². The minimum atomic E-state index is -0.651. The number of amides is 1. The highest BCUT2D eigenvalue weighted by Gasteiger charge is 2.26. The van der Waals surface area contributed by atoms with Gasteiger partial charge < -0.3 is 10.6 Å². The molecule has 1 aromatic heterocycles. The van der Waals surface area contributed by atoms with Crippen LogP contribution in [0.5, 0.6) is 0 Å². The summed E-state index contributed by atoms with van der Waals surface area (Å²) in [6.07, 6.45) is 1.11. The van der Waals surface area contributed by atoms with Crippen molar-refractivity contribution in [2.45, 2.75) is 13.8 Å². The molecule has 0 saturated carbocycles. The number of nitrogens with zero attached hydrogens (tertiary/aromatic N) is 2. The largest absolute Gasteiger partial charge is 0.368 e. The number of nitro groups is 1. The highest BCUT2D eigenvalue weighted by molar-refractivity contribution is 6.33. The monoisotopic (exact) mass is 286 g/mol. The molecule has 19 heavy (non-hydrogen) atoms. The maximum absolute atomic E-state index is 11.6. The third-order valence-electron chi connectivity index (χ3n) is 2.58. The number of anilines is 1. The zero-order chi connectivity index (χ0) is 14.6. The van der Waals surface area contributed by atoms with Gasteiger partial charge in [-0.2, -0.15) is 0 Å². The van der Waals surface area contributed by atoms with Crippen LogP contribution in [-0.2, 0) is 4.79 Å². The van der Waals surface area contributed by atoms with E-state index in [9.17, 15) is 14.9 Å². The van der Waals surface area contributed by atoms with Crippen molar-refractivity contribution in [1.82, 2.24) is 10.3 Å². The lowest BCUT2D eigenvalue weighted by Gasteiger charge is -2.23. The number of carbonyl (C=O) groups is 1. The molecule has 0 unspecified atom stereocenters. The molecule has 0 bridgehead atoms. The number of pyridine rings is 1. The molecule has 104 valence electrons. The van der Waals surface area contributed by atoms with Crippen LogP contribution in [0.4, 0.5) is 11.5 Å². The van der Waals surface area contributed by atoms with Crippen LogP contribution in [-0.4, -0.2) is 29.4 Å². The third kappa shape index (κ3) is 3.78. The van der Waals surface area contributed by atoms with Gasteiger partial charge >= 0.3 is 0 Å². The molecule has 1 heterocycles. The highest BCUT2D eigenvalue weighted by atomic mass is 35.5. The van der Waals surface area contributed by atoms with E-state index in [0.29, 0.717) is 12.4 Å². The fraction of sp³-hybridized carbons (Fsp3) is 0.455. The summed E-state index contributed by atoms with van der Waals surface area (Å²) in [6, 6.07) is 1.21. The van der Waals surface area contributed by atoms with Crippen molar-refractivity contribution in [3.8, 4) is 0 Å². The summed E-state index contributed by atoms with van der Waals surface area (Å²) in [7, 11) is 1.56. The van der Waals surface area contributed by atoms with E-state index in [0.717, 1.165) is 6.20 Å². The Morgan fingerprint density at radius 1 is 1.58 bits per heavy atom. The second kappa shape index (κ2) is 5.83. The Labute approximate surface area is 115 Å². The summed E-state index contributed by atoms with van der Waals surface area (Å²) in [5.74, 6) is 0.183. The number of carbonyl (C=O) groups excluding carboxylic acids is 1. The van der Waals surface area contributed by atoms with E-state index in [2.05, 4.69) is 15.6 Å². The van der Waals surface area contributed by atoms with Gasteiger partial charge in [-0.1, -0.05) is 11.6 Å². The standard InChI is InChI=1S/C11H15ClN4O3/c1-11(2,10(17)13-3)6-15-9-8(12)4-7(5-14-9)16(18)19/h4-5H,6H2,1-3H3,(H,13,17)(H,14,15). The maximum atomic E-state index is 11.6. The lowest BCUT2D eigenvalue weighted by atomic mass is 9.92. The van der Waals surface area contributed by atoms with E-state index < -0.39 is 10.3 Å². The molecule has 8 heteroatoms. The number of rotatable bonds is 5. The van der Waals surface area contributed by atoms with E-state index in [-0.39, 0.29) is 16.6 Å². The molecule has 0 aliphatic heterocycles. The predicted molar refractivity (Wildman–Crippen MR) is 72.2 cm³/mol. The van der Waals surface area contributed by atoms with Gasteiger partial charge in [0.2, 0.25) is 5.91 Å². The predicted octanol–water partition coefficient (Wildman–Crippen LogP) is 1.83. The number of hydrogen-bond acceptors (Lipinski definition) is 5. The van der Waals surface area contributed by atoms with Crippen LogP contribution in [0.2, 0.25) is 5.02 Å². The number of nitrogens with one attached hydrogen (secondary N) is 2. The lowest BCUT2D eigenvalue weighted by molar-refractivity contribution is -0.385. The highest BCUT2D eigenvalue weighted by Crippen LogP contribution is 2.25. The van der Waals surface area contributed by atoms with Crippen molar-refractivity contribution in [3.05, 3.63) is 27.4 Å². The van der Waals surface area contributed by atoms with Gasteiger partial charge in [0.1, 0.15) is 12.0 Å². The molecule has 0 fully saturated rings. The van der Waals surface area contributed by atoms with Gasteiger partial charge in [-0.25, -0.2) is 4.98 Å². The van der Waals surface area contributed by atoms with Crippen molar-refractivity contribution in [2.75, 3.05) is 18.9 Å². The summed E-state index contributed by atoms with van der Waals surface area (Å²) >= 11 is 5.89. The smallest absolute Gasteiger partial charge is 0.289 e. The summed E-state index contributed by atoms with van der Waals surface area (Å²) < 4.78 is 0. The van der Waals surface area contributed by atoms with Gasteiger partial charge in [-0.3, -0.25) is 14.9 Å². The van der Waals surface area contributed by atoms with Crippen LogP contribution in [0.3, 0.4) is 0 Å². The number of hydrogen-bond donors (Lipinski definition) is 2. The van der Waals surface area contributed by atoms with Gasteiger partial charge in [0.05, 0.1) is 15.4 Å². The Morgan fingerprint density at radius 3 is 2.68 bits per heavy atom. The minimum absolute atomic E-state index is 0.127. The van der Waals surface area contributed by atoms with E-state index in [1.165, 1.54) is 6.07 Å². The van der Waals surface area contributed by atoms with Crippen molar-refractivity contribution in [2.24, 2.45) is 5.41 Å². The second-order valence-corrected chi connectivity index (χ2v) is 5.00. The first-order valence-corrected chi connectivity index (χ1v) is 5.91. The summed E-state index contributed by atoms with van der Waals surface area (Å²) in [5.41, 5.74) is -0.831. The second-order valence-electron chi connectivity index (χ2n) is 4.60. The van der Waals surface area contributed by atoms with Crippen LogP contribution in [0.1, 0.15) is 13.8 Å². The fourth-order valence-corrected chi connectivity index (χ4v) is 1.61. The molecule has 0 aliphatic carbocycles. The molecule has 1 amide bonds. The Balaban J connectivity index is 2.79. The molecular weight excluding hydrogens is 272 g/mol. The molecule has 0 radical (unpaired) electrons. The van der Waals surface area contributed by atoms with Crippen molar-refractivity contribution in [3.63, 3.8) is 0 Å². The molecular formula is C11H15ClN4O3. The van der Waals surface area contributed by atoms with Gasteiger partial charge in [-0.05, 0) is 13.8 Å². The topological polar surface area (TPSA) is 97.2 Å². The summed E-state index contributed by atoms with van der Waals surface area (Å²) in [5, 5.41) is 16.2. The lowest BCUT2D eigenvalue weighted by Crippen LogP contribution is -2.39. The minimum Gasteiger partial charge on any atom is -0.368 e. The normalized spacial score (nSPS) is 10.9. The van der Waals surface area contributed by atoms with Crippen LogP contribution < -0.4 is 10.6 Å². The van der Waals surface area contributed by atoms with Crippen LogP contribution >= 0.6 is 11.6 Å². The summed E-state index contributed by atoms with van der Waals surface area (Å²) in [4.78, 5) is 25.4. The Morgan fingerprint density at radius 2 is 2.21 bits per heavy atom. The van der Waals surface area contributed by atoms with Crippen LogP contribution in [0, 0.1) is 15.5 Å². The quantitative estimate of drug-likeness (QED) is 0.636. The Hall–Kier alpha value is -1.89. The Bertz CT molecular complexity index is 505. The molecule has 1 aromatic rings. The average molecular weight is 287 g/mol. The van der Waals surface area contributed by atoms with E-state index in [1.807, 2.05) is 0 Å². The first-order valence-electron chi connectivity index (χ1n) is 5.54. The fourth-order valence-electron chi connectivity index (χ4n) is 1.38. The van der Waals surface area contributed by atoms with E-state index in [1.54, 1.807) is 20.9 Å². The molecule has 7 nitrogen and oxygen atoms in total. The first-order chi connectivity index (χ1) is 8.77. The van der Waals surface area contributed by atoms with Crippen molar-refractivity contribution < 1.29 is 9.72 Å². The third-order valence-corrected chi connectivity index (χ3v) is 2.87. The van der Waals surface area contributed by atoms with Gasteiger partial charge in [0.15, 0.2) is 0 Å². The molecule has 0 aliphatic rings. The number of halogens is 1. The molecule has 2 N–H and O–H groups in total. The molecule has 0 saturated heterocycles. The van der Waals surface area contributed by atoms with Crippen molar-refractivity contribution in [1.29, 1.82) is 0 Å². The molecule has 0 atom stereocenters. The molecule has 1 rings (SSSR count). The van der Waals surface area contributed by atoms with Gasteiger partial charge in [0, 0.05) is 19.7 Å². The zero-order valence-electron chi connectivity index (χ0n) is 10.9. The van der Waals surface area contributed by atoms with Crippen LogP contribution in [0.15, 0.2) is 12.3 Å². The SMILES string of the molecule is CNC(=O)C(C)(C)CNc1ncc([N+](=O)[O-])cc1Cl. The zero-order valence-corrected chi connectivity index (χ0v) is 11.6. The molecule has 0 spiro atoms. The first kappa shape index (κ1) is 15.2. The van der Waals surface area contributed by atoms with Gasteiger partial charge in [-0.15, -0.1) is 0 Å². The van der Waals surface area contributed by atoms with Gasteiger partial charge in [0.25, 0.3) is 5.69 Å². The summed E-state index contributed by atoms with van der Waals surface area (Å²) in [6.45, 7) is 3.83. The maximum Gasteiger partial charge on any atom is 0.289 e. The van der Waals surface area contributed by atoms with Crippen molar-refractivity contribution >= 4 is 29.0 Å². The molecule has 0 aromatic carbocycles. The number of aromatic nitrogens is 1. The van der Waals surface area contributed by atoms with E-state index >= 15 is 0 Å². The average Bonchev–Trinajstić information content (AvgIpc) is 2.36. The van der Waals surface area contributed by atoms with Crippen LogP contribution in [0.25, 0.3) is 0 Å². The Kier molecular flexibility index (Phi) is 4.66.